The van der Waals surface area contributed by atoms with E-state index in [1.54, 1.807) is 0 Å². The first kappa shape index (κ1) is 12.8. The van der Waals surface area contributed by atoms with Crippen LogP contribution in [0.2, 0.25) is 0 Å². The van der Waals surface area contributed by atoms with Crippen molar-refractivity contribution in [2.45, 2.75) is 51.7 Å². The summed E-state index contributed by atoms with van der Waals surface area (Å²) in [5.74, 6) is 0. The maximum Gasteiger partial charge on any atom is 0.103 e. The van der Waals surface area contributed by atoms with Crippen LogP contribution in [0.5, 0.6) is 0 Å². The van der Waals surface area contributed by atoms with Crippen molar-refractivity contribution in [3.63, 3.8) is 0 Å². The zero-order valence-corrected chi connectivity index (χ0v) is 10.9. The average molecular weight is 245 g/mol. The summed E-state index contributed by atoms with van der Waals surface area (Å²) in [5, 5.41) is 22.1. The van der Waals surface area contributed by atoms with Crippen LogP contribution < -0.4 is 5.32 Å². The van der Waals surface area contributed by atoms with Gasteiger partial charge in [-0.2, -0.15) is 5.26 Å². The fourth-order valence-electron chi connectivity index (χ4n) is 2.52. The summed E-state index contributed by atoms with van der Waals surface area (Å²) in [4.78, 5) is 4.31. The van der Waals surface area contributed by atoms with E-state index in [9.17, 15) is 10.4 Å². The van der Waals surface area contributed by atoms with Crippen LogP contribution in [0.4, 0.5) is 5.69 Å². The van der Waals surface area contributed by atoms with Crippen LogP contribution in [-0.2, 0) is 0 Å². The van der Waals surface area contributed by atoms with E-state index in [1.807, 2.05) is 19.9 Å². The molecular weight excluding hydrogens is 226 g/mol. The molecule has 4 nitrogen and oxygen atoms in total. The maximum absolute atomic E-state index is 9.49. The van der Waals surface area contributed by atoms with Crippen molar-refractivity contribution in [3.05, 3.63) is 23.0 Å². The summed E-state index contributed by atoms with van der Waals surface area (Å²) in [6, 6.07) is 4.49. The van der Waals surface area contributed by atoms with Gasteiger partial charge >= 0.3 is 0 Å². The van der Waals surface area contributed by atoms with Gasteiger partial charge in [-0.1, -0.05) is 0 Å². The number of hydrogen-bond acceptors (Lipinski definition) is 4. The second-order valence-corrected chi connectivity index (χ2v) is 5.03. The number of aryl methyl sites for hydroxylation is 2. The Morgan fingerprint density at radius 1 is 1.33 bits per heavy atom. The number of aliphatic hydroxyl groups excluding tert-OH is 1. The van der Waals surface area contributed by atoms with Crippen LogP contribution in [0.3, 0.4) is 0 Å². The van der Waals surface area contributed by atoms with E-state index in [0.29, 0.717) is 11.6 Å². The highest BCUT2D eigenvalue weighted by atomic mass is 16.3. The second-order valence-electron chi connectivity index (χ2n) is 5.03. The van der Waals surface area contributed by atoms with Crippen LogP contribution >= 0.6 is 0 Å². The fourth-order valence-corrected chi connectivity index (χ4v) is 2.52. The van der Waals surface area contributed by atoms with Gasteiger partial charge in [0.05, 0.1) is 23.0 Å². The summed E-state index contributed by atoms with van der Waals surface area (Å²) in [5.41, 5.74) is 3.20. The number of nitrogens with one attached hydrogen (secondary N) is 1. The van der Waals surface area contributed by atoms with Crippen molar-refractivity contribution >= 4 is 5.69 Å². The van der Waals surface area contributed by atoms with Crippen molar-refractivity contribution in [3.8, 4) is 6.07 Å². The van der Waals surface area contributed by atoms with E-state index in [2.05, 4.69) is 16.4 Å². The number of aliphatic hydroxyl groups is 1. The predicted molar refractivity (Wildman–Crippen MR) is 70.3 cm³/mol. The van der Waals surface area contributed by atoms with Gasteiger partial charge in [-0.05, 0) is 45.6 Å². The van der Waals surface area contributed by atoms with Gasteiger partial charge in [-0.3, -0.25) is 4.98 Å². The van der Waals surface area contributed by atoms with E-state index in [4.69, 9.17) is 0 Å². The largest absolute Gasteiger partial charge is 0.393 e. The van der Waals surface area contributed by atoms with Gasteiger partial charge in [0, 0.05) is 11.7 Å². The Hall–Kier alpha value is -1.60. The minimum Gasteiger partial charge on any atom is -0.393 e. The summed E-state index contributed by atoms with van der Waals surface area (Å²) >= 11 is 0. The summed E-state index contributed by atoms with van der Waals surface area (Å²) in [6.07, 6.45) is 3.42. The molecule has 0 spiro atoms. The van der Waals surface area contributed by atoms with Crippen molar-refractivity contribution in [1.29, 1.82) is 5.26 Å². The third-order valence-electron chi connectivity index (χ3n) is 3.50. The maximum atomic E-state index is 9.49. The van der Waals surface area contributed by atoms with Crippen molar-refractivity contribution < 1.29 is 5.11 Å². The SMILES string of the molecule is Cc1cc(NC2CCC(O)CC2)c(C#N)c(C)n1. The molecule has 96 valence electrons. The van der Waals surface area contributed by atoms with E-state index in [1.165, 1.54) is 0 Å². The standard InChI is InChI=1S/C14H19N3O/c1-9-7-14(13(8-15)10(2)16-9)17-11-3-5-12(18)6-4-11/h7,11-12,18H,3-6H2,1-2H3,(H,16,17). The molecule has 0 aromatic carbocycles. The first-order valence-electron chi connectivity index (χ1n) is 6.43. The lowest BCUT2D eigenvalue weighted by Crippen LogP contribution is -2.28. The van der Waals surface area contributed by atoms with Crippen LogP contribution in [0.25, 0.3) is 0 Å². The van der Waals surface area contributed by atoms with Gasteiger partial charge in [0.15, 0.2) is 0 Å². The molecule has 1 aromatic heterocycles. The van der Waals surface area contributed by atoms with Gasteiger partial charge in [0.2, 0.25) is 0 Å². The summed E-state index contributed by atoms with van der Waals surface area (Å²) in [6.45, 7) is 3.80. The molecule has 2 N–H and O–H groups in total. The molecule has 1 aliphatic rings. The van der Waals surface area contributed by atoms with E-state index < -0.39 is 0 Å². The molecule has 1 saturated carbocycles. The number of nitrogens with zero attached hydrogens (tertiary/aromatic N) is 2. The molecule has 2 rings (SSSR count). The molecule has 0 bridgehead atoms. The Labute approximate surface area is 108 Å². The third kappa shape index (κ3) is 2.80. The molecule has 0 radical (unpaired) electrons. The Balaban J connectivity index is 2.16. The molecule has 4 heteroatoms. The van der Waals surface area contributed by atoms with Crippen LogP contribution in [-0.4, -0.2) is 22.2 Å². The monoisotopic (exact) mass is 245 g/mol. The molecule has 0 unspecified atom stereocenters. The predicted octanol–water partition coefficient (Wildman–Crippen LogP) is 2.29. The lowest BCUT2D eigenvalue weighted by Gasteiger charge is -2.27. The molecule has 0 aliphatic heterocycles. The highest BCUT2D eigenvalue weighted by Gasteiger charge is 2.20. The Morgan fingerprint density at radius 2 is 2.00 bits per heavy atom. The number of pyridine rings is 1. The Kier molecular flexibility index (Phi) is 3.83. The van der Waals surface area contributed by atoms with E-state index in [0.717, 1.165) is 42.8 Å². The van der Waals surface area contributed by atoms with Crippen molar-refractivity contribution in [1.82, 2.24) is 4.98 Å². The molecule has 1 fully saturated rings. The molecule has 0 atom stereocenters. The summed E-state index contributed by atoms with van der Waals surface area (Å²) in [7, 11) is 0. The average Bonchev–Trinajstić information content (AvgIpc) is 2.32. The van der Waals surface area contributed by atoms with Gasteiger partial charge in [-0.15, -0.1) is 0 Å². The zero-order valence-electron chi connectivity index (χ0n) is 10.9. The third-order valence-corrected chi connectivity index (χ3v) is 3.50. The lowest BCUT2D eigenvalue weighted by atomic mass is 9.92. The number of aromatic nitrogens is 1. The molecular formula is C14H19N3O. The molecule has 1 heterocycles. The molecule has 1 aromatic rings. The minimum atomic E-state index is -0.153. The molecule has 0 saturated heterocycles. The van der Waals surface area contributed by atoms with E-state index in [-0.39, 0.29) is 6.10 Å². The van der Waals surface area contributed by atoms with Crippen LogP contribution in [0.15, 0.2) is 6.07 Å². The number of nitriles is 1. The zero-order chi connectivity index (χ0) is 13.1. The van der Waals surface area contributed by atoms with Gasteiger partial charge in [0.1, 0.15) is 6.07 Å². The summed E-state index contributed by atoms with van der Waals surface area (Å²) < 4.78 is 0. The van der Waals surface area contributed by atoms with E-state index >= 15 is 0 Å². The normalized spacial score (nSPS) is 23.4. The number of anilines is 1. The first-order valence-corrected chi connectivity index (χ1v) is 6.43. The van der Waals surface area contributed by atoms with Gasteiger partial charge in [-0.25, -0.2) is 0 Å². The Morgan fingerprint density at radius 3 is 2.61 bits per heavy atom. The van der Waals surface area contributed by atoms with Crippen LogP contribution in [0.1, 0.15) is 42.6 Å². The van der Waals surface area contributed by atoms with Gasteiger partial charge in [0.25, 0.3) is 0 Å². The molecule has 1 aliphatic carbocycles. The quantitative estimate of drug-likeness (QED) is 0.838. The topological polar surface area (TPSA) is 68.9 Å². The smallest absolute Gasteiger partial charge is 0.103 e. The molecule has 18 heavy (non-hydrogen) atoms. The molecule has 0 amide bonds. The Bertz CT molecular complexity index is 471. The second kappa shape index (κ2) is 5.36. The van der Waals surface area contributed by atoms with Gasteiger partial charge < -0.3 is 10.4 Å². The van der Waals surface area contributed by atoms with Crippen molar-refractivity contribution in [2.24, 2.45) is 0 Å². The van der Waals surface area contributed by atoms with Crippen molar-refractivity contribution in [2.75, 3.05) is 5.32 Å². The highest BCUT2D eigenvalue weighted by Crippen LogP contribution is 2.25. The van der Waals surface area contributed by atoms with Crippen LogP contribution in [0, 0.1) is 25.2 Å². The number of rotatable bonds is 2. The minimum absolute atomic E-state index is 0.153. The number of hydrogen-bond donors (Lipinski definition) is 2. The first-order chi connectivity index (χ1) is 8.60. The highest BCUT2D eigenvalue weighted by molar-refractivity contribution is 5.60. The fraction of sp³-hybridized carbons (Fsp3) is 0.571. The lowest BCUT2D eigenvalue weighted by molar-refractivity contribution is 0.126.